The molecule has 1 aromatic carbocycles. The number of benzene rings is 1. The monoisotopic (exact) mass is 214 g/mol. The first kappa shape index (κ1) is 9.46. The maximum Gasteiger partial charge on any atom is 0.145 e. The van der Waals surface area contributed by atoms with E-state index in [2.05, 4.69) is 16.4 Å². The van der Waals surface area contributed by atoms with Crippen molar-refractivity contribution in [2.75, 3.05) is 12.4 Å². The van der Waals surface area contributed by atoms with Crippen LogP contribution in [0, 0.1) is 0 Å². The number of aromatic nitrogens is 1. The molecule has 1 heterocycles. The number of anilines is 1. The third-order valence-corrected chi connectivity index (χ3v) is 2.83. The molecule has 1 aliphatic rings. The Morgan fingerprint density at radius 2 is 2.12 bits per heavy atom. The number of fused-ring (bicyclic) bond motifs is 1. The second-order valence-electron chi connectivity index (χ2n) is 4.15. The number of para-hydroxylation sites is 1. The zero-order chi connectivity index (χ0) is 11.0. The van der Waals surface area contributed by atoms with Crippen molar-refractivity contribution in [2.45, 2.75) is 18.9 Å². The van der Waals surface area contributed by atoms with Gasteiger partial charge < -0.3 is 10.1 Å². The van der Waals surface area contributed by atoms with Crippen LogP contribution in [0.3, 0.4) is 0 Å². The van der Waals surface area contributed by atoms with Crippen LogP contribution in [0.15, 0.2) is 30.3 Å². The highest BCUT2D eigenvalue weighted by molar-refractivity contribution is 5.85. The van der Waals surface area contributed by atoms with E-state index in [-0.39, 0.29) is 0 Å². The summed E-state index contributed by atoms with van der Waals surface area (Å²) >= 11 is 0. The molecule has 0 amide bonds. The zero-order valence-electron chi connectivity index (χ0n) is 9.23. The molecule has 82 valence electrons. The van der Waals surface area contributed by atoms with Gasteiger partial charge in [-0.15, -0.1) is 0 Å². The number of hydrogen-bond donors (Lipinski definition) is 1. The predicted molar refractivity (Wildman–Crippen MR) is 64.9 cm³/mol. The molecular formula is C13H14N2O. The molecule has 2 aromatic rings. The molecule has 0 unspecified atom stereocenters. The van der Waals surface area contributed by atoms with Gasteiger partial charge in [-0.05, 0) is 31.0 Å². The van der Waals surface area contributed by atoms with Gasteiger partial charge in [0.15, 0.2) is 0 Å². The van der Waals surface area contributed by atoms with Crippen LogP contribution in [0.1, 0.15) is 12.8 Å². The Morgan fingerprint density at radius 3 is 2.88 bits per heavy atom. The normalized spacial score (nSPS) is 15.1. The van der Waals surface area contributed by atoms with Gasteiger partial charge in [0.2, 0.25) is 0 Å². The molecule has 0 radical (unpaired) electrons. The summed E-state index contributed by atoms with van der Waals surface area (Å²) in [4.78, 5) is 4.59. The van der Waals surface area contributed by atoms with Gasteiger partial charge in [-0.2, -0.15) is 0 Å². The molecule has 3 heteroatoms. The Balaban J connectivity index is 2.06. The zero-order valence-corrected chi connectivity index (χ0v) is 9.23. The smallest absolute Gasteiger partial charge is 0.145 e. The standard InChI is InChI=1S/C13H14N2O/c1-16-11-4-2-3-9-5-8-12(15-13(9)11)14-10-6-7-10/h2-5,8,10H,6-7H2,1H3,(H,14,15). The summed E-state index contributed by atoms with van der Waals surface area (Å²) in [5.74, 6) is 1.77. The minimum absolute atomic E-state index is 0.625. The van der Waals surface area contributed by atoms with Crippen LogP contribution in [0.2, 0.25) is 0 Å². The maximum absolute atomic E-state index is 5.31. The number of rotatable bonds is 3. The van der Waals surface area contributed by atoms with E-state index in [1.54, 1.807) is 7.11 Å². The highest BCUT2D eigenvalue weighted by Crippen LogP contribution is 2.28. The van der Waals surface area contributed by atoms with Gasteiger partial charge in [0.05, 0.1) is 7.11 Å². The first-order valence-electron chi connectivity index (χ1n) is 5.57. The van der Waals surface area contributed by atoms with Crippen LogP contribution in [0.25, 0.3) is 10.9 Å². The SMILES string of the molecule is COc1cccc2ccc(NC3CC3)nc12. The van der Waals surface area contributed by atoms with Crippen LogP contribution in [-0.4, -0.2) is 18.1 Å². The lowest BCUT2D eigenvalue weighted by Gasteiger charge is -2.07. The maximum atomic E-state index is 5.31. The van der Waals surface area contributed by atoms with Gasteiger partial charge >= 0.3 is 0 Å². The van der Waals surface area contributed by atoms with Crippen molar-refractivity contribution in [3.63, 3.8) is 0 Å². The fraction of sp³-hybridized carbons (Fsp3) is 0.308. The minimum atomic E-state index is 0.625. The highest BCUT2D eigenvalue weighted by atomic mass is 16.5. The van der Waals surface area contributed by atoms with Gasteiger partial charge in [-0.3, -0.25) is 0 Å². The van der Waals surface area contributed by atoms with Crippen LogP contribution >= 0.6 is 0 Å². The molecule has 0 aliphatic heterocycles. The van der Waals surface area contributed by atoms with Gasteiger partial charge in [0.1, 0.15) is 17.1 Å². The van der Waals surface area contributed by atoms with Crippen LogP contribution in [-0.2, 0) is 0 Å². The molecule has 1 N–H and O–H groups in total. The summed E-state index contributed by atoms with van der Waals surface area (Å²) < 4.78 is 5.31. The lowest BCUT2D eigenvalue weighted by molar-refractivity contribution is 0.419. The molecule has 16 heavy (non-hydrogen) atoms. The highest BCUT2D eigenvalue weighted by Gasteiger charge is 2.21. The fourth-order valence-corrected chi connectivity index (χ4v) is 1.80. The summed E-state index contributed by atoms with van der Waals surface area (Å²) in [7, 11) is 1.68. The Labute approximate surface area is 94.5 Å². The molecule has 3 rings (SSSR count). The van der Waals surface area contributed by atoms with E-state index in [0.717, 1.165) is 22.5 Å². The quantitative estimate of drug-likeness (QED) is 0.853. The molecule has 0 saturated heterocycles. The lowest BCUT2D eigenvalue weighted by Crippen LogP contribution is -2.02. The molecule has 0 atom stereocenters. The summed E-state index contributed by atoms with van der Waals surface area (Å²) in [5, 5.41) is 4.50. The molecule has 1 aliphatic carbocycles. The van der Waals surface area contributed by atoms with Gasteiger partial charge in [0.25, 0.3) is 0 Å². The van der Waals surface area contributed by atoms with Crippen molar-refractivity contribution in [1.29, 1.82) is 0 Å². The largest absolute Gasteiger partial charge is 0.494 e. The summed E-state index contributed by atoms with van der Waals surface area (Å²) in [6.45, 7) is 0. The number of nitrogens with zero attached hydrogens (tertiary/aromatic N) is 1. The van der Waals surface area contributed by atoms with E-state index < -0.39 is 0 Å². The van der Waals surface area contributed by atoms with E-state index in [9.17, 15) is 0 Å². The first-order valence-corrected chi connectivity index (χ1v) is 5.57. The topological polar surface area (TPSA) is 34.1 Å². The van der Waals surface area contributed by atoms with Crippen molar-refractivity contribution < 1.29 is 4.74 Å². The van der Waals surface area contributed by atoms with E-state index in [4.69, 9.17) is 4.74 Å². The molecule has 1 saturated carbocycles. The Hall–Kier alpha value is -1.77. The van der Waals surface area contributed by atoms with E-state index in [1.807, 2.05) is 24.3 Å². The lowest BCUT2D eigenvalue weighted by atomic mass is 10.2. The van der Waals surface area contributed by atoms with Crippen LogP contribution < -0.4 is 10.1 Å². The van der Waals surface area contributed by atoms with Crippen molar-refractivity contribution in [3.8, 4) is 5.75 Å². The Kier molecular flexibility index (Phi) is 2.17. The van der Waals surface area contributed by atoms with E-state index in [1.165, 1.54) is 12.8 Å². The summed E-state index contributed by atoms with van der Waals surface area (Å²) in [6, 6.07) is 10.7. The van der Waals surface area contributed by atoms with E-state index in [0.29, 0.717) is 6.04 Å². The van der Waals surface area contributed by atoms with Gasteiger partial charge in [-0.1, -0.05) is 12.1 Å². The predicted octanol–water partition coefficient (Wildman–Crippen LogP) is 2.82. The number of ether oxygens (including phenoxy) is 1. The van der Waals surface area contributed by atoms with Crippen molar-refractivity contribution in [2.24, 2.45) is 0 Å². The third-order valence-electron chi connectivity index (χ3n) is 2.83. The summed E-state index contributed by atoms with van der Waals surface area (Å²) in [5.41, 5.74) is 0.927. The fourth-order valence-electron chi connectivity index (χ4n) is 1.80. The van der Waals surface area contributed by atoms with Crippen molar-refractivity contribution in [3.05, 3.63) is 30.3 Å². The second-order valence-corrected chi connectivity index (χ2v) is 4.15. The van der Waals surface area contributed by atoms with Gasteiger partial charge in [-0.25, -0.2) is 4.98 Å². The van der Waals surface area contributed by atoms with Crippen LogP contribution in [0.5, 0.6) is 5.75 Å². The summed E-state index contributed by atoms with van der Waals surface area (Å²) in [6.07, 6.45) is 2.51. The number of methoxy groups -OCH3 is 1. The third kappa shape index (κ3) is 1.69. The van der Waals surface area contributed by atoms with Crippen molar-refractivity contribution in [1.82, 2.24) is 4.98 Å². The Bertz CT molecular complexity index is 520. The average Bonchev–Trinajstić information content (AvgIpc) is 3.12. The number of nitrogens with one attached hydrogen (secondary N) is 1. The van der Waals surface area contributed by atoms with E-state index >= 15 is 0 Å². The first-order chi connectivity index (χ1) is 7.86. The average molecular weight is 214 g/mol. The second kappa shape index (κ2) is 3.67. The molecule has 1 fully saturated rings. The van der Waals surface area contributed by atoms with Crippen LogP contribution in [0.4, 0.5) is 5.82 Å². The molecule has 0 spiro atoms. The Morgan fingerprint density at radius 1 is 1.25 bits per heavy atom. The molecule has 3 nitrogen and oxygen atoms in total. The van der Waals surface area contributed by atoms with Crippen molar-refractivity contribution >= 4 is 16.7 Å². The molecule has 1 aromatic heterocycles. The molecular weight excluding hydrogens is 200 g/mol. The number of pyridine rings is 1. The number of hydrogen-bond acceptors (Lipinski definition) is 3. The minimum Gasteiger partial charge on any atom is -0.494 e. The van der Waals surface area contributed by atoms with Gasteiger partial charge in [0, 0.05) is 11.4 Å². The molecule has 0 bridgehead atoms.